The van der Waals surface area contributed by atoms with Crippen LogP contribution in [-0.4, -0.2) is 37.5 Å². The van der Waals surface area contributed by atoms with Crippen LogP contribution in [0, 0.1) is 5.82 Å². The minimum Gasteiger partial charge on any atom is -0.351 e. The molecular weight excluding hydrogens is 276 g/mol. The van der Waals surface area contributed by atoms with Crippen molar-refractivity contribution in [3.8, 4) is 0 Å². The van der Waals surface area contributed by atoms with E-state index in [2.05, 4.69) is 5.32 Å². The lowest BCUT2D eigenvalue weighted by Crippen LogP contribution is -2.33. The van der Waals surface area contributed by atoms with Gasteiger partial charge in [-0.05, 0) is 25.7 Å². The van der Waals surface area contributed by atoms with Crippen molar-refractivity contribution in [2.75, 3.05) is 26.7 Å². The molecule has 1 aromatic carbocycles. The van der Waals surface area contributed by atoms with Crippen molar-refractivity contribution in [1.29, 1.82) is 0 Å². The first kappa shape index (κ1) is 16.4. The highest BCUT2D eigenvalue weighted by molar-refractivity contribution is 5.94. The summed E-state index contributed by atoms with van der Waals surface area (Å²) in [6.07, 6.45) is -4.82. The second-order valence-corrected chi connectivity index (χ2v) is 4.32. The number of alkyl halides is 3. The summed E-state index contributed by atoms with van der Waals surface area (Å²) < 4.78 is 51.2. The SMILES string of the molecule is CCN(C)CCNC(=O)c1cccc(C(F)(F)F)c1F. The number of rotatable bonds is 5. The largest absolute Gasteiger partial charge is 0.419 e. The van der Waals surface area contributed by atoms with Gasteiger partial charge in [0.1, 0.15) is 5.82 Å². The second-order valence-electron chi connectivity index (χ2n) is 4.32. The van der Waals surface area contributed by atoms with Crippen molar-refractivity contribution >= 4 is 5.91 Å². The maximum Gasteiger partial charge on any atom is 0.419 e. The fourth-order valence-electron chi connectivity index (χ4n) is 1.54. The number of amides is 1. The molecule has 0 aliphatic heterocycles. The Morgan fingerprint density at radius 1 is 1.35 bits per heavy atom. The molecule has 0 saturated heterocycles. The third kappa shape index (κ3) is 4.19. The molecule has 0 unspecified atom stereocenters. The summed E-state index contributed by atoms with van der Waals surface area (Å²) in [5, 5.41) is 2.40. The van der Waals surface area contributed by atoms with Crippen LogP contribution in [0.4, 0.5) is 17.6 Å². The summed E-state index contributed by atoms with van der Waals surface area (Å²) in [5.74, 6) is -2.39. The van der Waals surface area contributed by atoms with Crippen molar-refractivity contribution in [2.45, 2.75) is 13.1 Å². The van der Waals surface area contributed by atoms with Crippen molar-refractivity contribution in [1.82, 2.24) is 10.2 Å². The molecule has 0 aliphatic carbocycles. The summed E-state index contributed by atoms with van der Waals surface area (Å²) in [6, 6.07) is 2.65. The average Bonchev–Trinajstić information content (AvgIpc) is 2.37. The zero-order valence-corrected chi connectivity index (χ0v) is 11.2. The molecule has 0 aliphatic rings. The molecule has 0 aromatic heterocycles. The summed E-state index contributed by atoms with van der Waals surface area (Å²) in [5.41, 5.74) is -2.03. The van der Waals surface area contributed by atoms with Gasteiger partial charge < -0.3 is 10.2 Å². The number of hydrogen-bond donors (Lipinski definition) is 1. The lowest BCUT2D eigenvalue weighted by atomic mass is 10.1. The summed E-state index contributed by atoms with van der Waals surface area (Å²) in [4.78, 5) is 13.6. The van der Waals surface area contributed by atoms with Gasteiger partial charge in [0.05, 0.1) is 11.1 Å². The van der Waals surface area contributed by atoms with Gasteiger partial charge in [-0.3, -0.25) is 4.79 Å². The highest BCUT2D eigenvalue weighted by Crippen LogP contribution is 2.32. The lowest BCUT2D eigenvalue weighted by molar-refractivity contribution is -0.140. The molecule has 0 fully saturated rings. The molecule has 3 nitrogen and oxygen atoms in total. The number of benzene rings is 1. The van der Waals surface area contributed by atoms with Gasteiger partial charge in [0.25, 0.3) is 5.91 Å². The highest BCUT2D eigenvalue weighted by atomic mass is 19.4. The van der Waals surface area contributed by atoms with E-state index in [0.29, 0.717) is 12.6 Å². The topological polar surface area (TPSA) is 32.3 Å². The third-order valence-corrected chi connectivity index (χ3v) is 2.87. The number of likely N-dealkylation sites (N-methyl/N-ethyl adjacent to an activating group) is 1. The van der Waals surface area contributed by atoms with Crippen LogP contribution in [0.15, 0.2) is 18.2 Å². The van der Waals surface area contributed by atoms with Gasteiger partial charge in [0.2, 0.25) is 0 Å². The number of hydrogen-bond acceptors (Lipinski definition) is 2. The van der Waals surface area contributed by atoms with Crippen LogP contribution < -0.4 is 5.32 Å². The van der Waals surface area contributed by atoms with Gasteiger partial charge in [0, 0.05) is 13.1 Å². The Morgan fingerprint density at radius 3 is 2.55 bits per heavy atom. The molecule has 0 heterocycles. The van der Waals surface area contributed by atoms with Crippen molar-refractivity contribution < 1.29 is 22.4 Å². The maximum atomic E-state index is 13.7. The molecule has 112 valence electrons. The Balaban J connectivity index is 2.79. The Labute approximate surface area is 114 Å². The minimum atomic E-state index is -4.82. The van der Waals surface area contributed by atoms with Crippen molar-refractivity contribution in [3.63, 3.8) is 0 Å². The zero-order valence-electron chi connectivity index (χ0n) is 11.2. The van der Waals surface area contributed by atoms with E-state index >= 15 is 0 Å². The Bertz CT molecular complexity index is 474. The van der Waals surface area contributed by atoms with E-state index < -0.39 is 29.0 Å². The molecule has 0 radical (unpaired) electrons. The van der Waals surface area contributed by atoms with Crippen LogP contribution >= 0.6 is 0 Å². The van der Waals surface area contributed by atoms with Crippen LogP contribution in [0.1, 0.15) is 22.8 Å². The molecule has 1 N–H and O–H groups in total. The zero-order chi connectivity index (χ0) is 15.3. The van der Waals surface area contributed by atoms with E-state index in [-0.39, 0.29) is 6.54 Å². The van der Waals surface area contributed by atoms with E-state index in [0.717, 1.165) is 18.7 Å². The predicted molar refractivity (Wildman–Crippen MR) is 66.9 cm³/mol. The fraction of sp³-hybridized carbons (Fsp3) is 0.462. The summed E-state index contributed by atoms with van der Waals surface area (Å²) in [7, 11) is 1.83. The van der Waals surface area contributed by atoms with Gasteiger partial charge in [-0.1, -0.05) is 13.0 Å². The van der Waals surface area contributed by atoms with Gasteiger partial charge >= 0.3 is 6.18 Å². The average molecular weight is 292 g/mol. The minimum absolute atomic E-state index is 0.235. The molecule has 0 spiro atoms. The first-order valence-electron chi connectivity index (χ1n) is 6.09. The van der Waals surface area contributed by atoms with Crippen LogP contribution in [-0.2, 0) is 6.18 Å². The van der Waals surface area contributed by atoms with Crippen molar-refractivity contribution in [2.24, 2.45) is 0 Å². The first-order valence-corrected chi connectivity index (χ1v) is 6.09. The monoisotopic (exact) mass is 292 g/mol. The molecule has 0 saturated carbocycles. The van der Waals surface area contributed by atoms with E-state index in [1.165, 1.54) is 0 Å². The standard InChI is InChI=1S/C13H16F4N2O/c1-3-19(2)8-7-18-12(20)9-5-4-6-10(11(9)14)13(15,16)17/h4-6H,3,7-8H2,1-2H3,(H,18,20). The normalized spacial score (nSPS) is 11.8. The molecular formula is C13H16F4N2O. The molecule has 0 atom stereocenters. The molecule has 7 heteroatoms. The fourth-order valence-corrected chi connectivity index (χ4v) is 1.54. The molecule has 0 bridgehead atoms. The van der Waals surface area contributed by atoms with Gasteiger partial charge in [-0.25, -0.2) is 4.39 Å². The smallest absolute Gasteiger partial charge is 0.351 e. The number of carbonyl (C=O) groups excluding carboxylic acids is 1. The lowest BCUT2D eigenvalue weighted by Gasteiger charge is -2.15. The summed E-state index contributed by atoms with van der Waals surface area (Å²) in [6.45, 7) is 3.46. The van der Waals surface area contributed by atoms with Gasteiger partial charge in [-0.15, -0.1) is 0 Å². The third-order valence-electron chi connectivity index (χ3n) is 2.87. The first-order chi connectivity index (χ1) is 9.27. The maximum absolute atomic E-state index is 13.7. The van der Waals surface area contributed by atoms with E-state index in [9.17, 15) is 22.4 Å². The van der Waals surface area contributed by atoms with Gasteiger partial charge in [0.15, 0.2) is 0 Å². The van der Waals surface area contributed by atoms with E-state index in [1.54, 1.807) is 0 Å². The summed E-state index contributed by atoms with van der Waals surface area (Å²) >= 11 is 0. The highest BCUT2D eigenvalue weighted by Gasteiger charge is 2.35. The molecule has 1 amide bonds. The van der Waals surface area contributed by atoms with E-state index in [1.807, 2.05) is 18.9 Å². The van der Waals surface area contributed by atoms with Crippen LogP contribution in [0.2, 0.25) is 0 Å². The number of halogens is 4. The van der Waals surface area contributed by atoms with Gasteiger partial charge in [-0.2, -0.15) is 13.2 Å². The number of nitrogens with zero attached hydrogens (tertiary/aromatic N) is 1. The Hall–Kier alpha value is -1.63. The van der Waals surface area contributed by atoms with E-state index in [4.69, 9.17) is 0 Å². The van der Waals surface area contributed by atoms with Crippen LogP contribution in [0.25, 0.3) is 0 Å². The second kappa shape index (κ2) is 6.69. The molecule has 1 aromatic rings. The Morgan fingerprint density at radius 2 is 2.00 bits per heavy atom. The van der Waals surface area contributed by atoms with Crippen molar-refractivity contribution in [3.05, 3.63) is 35.1 Å². The number of carbonyl (C=O) groups is 1. The van der Waals surface area contributed by atoms with Crippen LogP contribution in [0.3, 0.4) is 0 Å². The number of nitrogens with one attached hydrogen (secondary N) is 1. The van der Waals surface area contributed by atoms with Crippen LogP contribution in [0.5, 0.6) is 0 Å². The molecule has 1 rings (SSSR count). The quantitative estimate of drug-likeness (QED) is 0.846. The molecule has 20 heavy (non-hydrogen) atoms. The Kier molecular flexibility index (Phi) is 5.50. The predicted octanol–water partition coefficient (Wildman–Crippen LogP) is 2.53.